The molecule has 3 rings (SSSR count). The molecule has 0 aliphatic heterocycles. The van der Waals surface area contributed by atoms with Crippen LogP contribution in [0.1, 0.15) is 30.6 Å². The van der Waals surface area contributed by atoms with Crippen LogP contribution in [0.25, 0.3) is 16.6 Å². The number of nitrogens with one attached hydrogen (secondary N) is 2. The second-order valence-corrected chi connectivity index (χ2v) is 7.24. The Morgan fingerprint density at radius 2 is 1.90 bits per heavy atom. The highest BCUT2D eigenvalue weighted by Gasteiger charge is 2.12. The maximum atomic E-state index is 12.8. The summed E-state index contributed by atoms with van der Waals surface area (Å²) in [6.07, 6.45) is 0.713. The molecule has 0 aliphatic rings. The lowest BCUT2D eigenvalue weighted by Gasteiger charge is -2.09. The Kier molecular flexibility index (Phi) is 6.61. The first-order valence-corrected chi connectivity index (χ1v) is 9.68. The number of carbonyl (C=O) groups is 1. The number of aromatic amines is 1. The van der Waals surface area contributed by atoms with E-state index < -0.39 is 11.2 Å². The molecule has 0 aliphatic carbocycles. The number of hydrogen-bond donors (Lipinski definition) is 2. The van der Waals surface area contributed by atoms with Gasteiger partial charge in [-0.25, -0.2) is 9.36 Å². The number of aromatic nitrogens is 2. The Bertz CT molecular complexity index is 1100. The highest BCUT2D eigenvalue weighted by Crippen LogP contribution is 2.11. The number of nitrogens with zero attached hydrogens (tertiary/aromatic N) is 1. The summed E-state index contributed by atoms with van der Waals surface area (Å²) >= 11 is 0. The predicted octanol–water partition coefficient (Wildman–Crippen LogP) is 2.47. The molecule has 0 atom stereocenters. The molecular formula is C22H25N3O4. The fraction of sp³-hybridized carbons (Fsp3) is 0.318. The number of amides is 1. The Balaban J connectivity index is 1.75. The van der Waals surface area contributed by atoms with Crippen molar-refractivity contribution in [3.63, 3.8) is 0 Å². The predicted molar refractivity (Wildman–Crippen MR) is 113 cm³/mol. The van der Waals surface area contributed by atoms with Crippen LogP contribution < -0.4 is 16.6 Å². The maximum absolute atomic E-state index is 12.8. The fourth-order valence-electron chi connectivity index (χ4n) is 2.97. The summed E-state index contributed by atoms with van der Waals surface area (Å²) in [5, 5.41) is 3.16. The number of para-hydroxylation sites is 1. The van der Waals surface area contributed by atoms with Crippen LogP contribution in [0.2, 0.25) is 0 Å². The lowest BCUT2D eigenvalue weighted by Crippen LogP contribution is -2.33. The second-order valence-electron chi connectivity index (χ2n) is 7.24. The second kappa shape index (κ2) is 9.34. The number of hydrogen-bond acceptors (Lipinski definition) is 4. The van der Waals surface area contributed by atoms with Gasteiger partial charge in [0.05, 0.1) is 16.6 Å². The van der Waals surface area contributed by atoms with Crippen LogP contribution in [-0.4, -0.2) is 35.2 Å². The Hall–Kier alpha value is -3.19. The van der Waals surface area contributed by atoms with E-state index in [0.717, 1.165) is 4.57 Å². The molecule has 1 amide bonds. The summed E-state index contributed by atoms with van der Waals surface area (Å²) in [6, 6.07) is 13.4. The van der Waals surface area contributed by atoms with Crippen LogP contribution in [-0.2, 0) is 4.74 Å². The van der Waals surface area contributed by atoms with Gasteiger partial charge in [0.2, 0.25) is 0 Å². The minimum absolute atomic E-state index is 0.260. The number of H-pyrrole nitrogens is 1. The molecular weight excluding hydrogens is 370 g/mol. The van der Waals surface area contributed by atoms with E-state index in [4.69, 9.17) is 4.74 Å². The van der Waals surface area contributed by atoms with Gasteiger partial charge in [-0.1, -0.05) is 32.0 Å². The molecule has 1 aromatic heterocycles. The van der Waals surface area contributed by atoms with E-state index in [0.29, 0.717) is 54.3 Å². The molecule has 0 bridgehead atoms. The van der Waals surface area contributed by atoms with Gasteiger partial charge >= 0.3 is 5.69 Å². The largest absolute Gasteiger partial charge is 0.381 e. The first-order valence-electron chi connectivity index (χ1n) is 9.68. The molecule has 0 saturated heterocycles. The first kappa shape index (κ1) is 20.5. The zero-order chi connectivity index (χ0) is 20.8. The fourth-order valence-corrected chi connectivity index (χ4v) is 2.97. The van der Waals surface area contributed by atoms with Gasteiger partial charge in [-0.15, -0.1) is 0 Å². The van der Waals surface area contributed by atoms with Crippen molar-refractivity contribution in [1.29, 1.82) is 0 Å². The molecule has 29 heavy (non-hydrogen) atoms. The van der Waals surface area contributed by atoms with Crippen LogP contribution in [0.4, 0.5) is 0 Å². The minimum atomic E-state index is -0.548. The van der Waals surface area contributed by atoms with Gasteiger partial charge in [0.1, 0.15) is 0 Å². The molecule has 0 saturated carbocycles. The molecule has 0 radical (unpaired) electrons. The van der Waals surface area contributed by atoms with Gasteiger partial charge in [0.25, 0.3) is 11.5 Å². The van der Waals surface area contributed by atoms with Crippen molar-refractivity contribution in [3.8, 4) is 5.69 Å². The van der Waals surface area contributed by atoms with Gasteiger partial charge in [0.15, 0.2) is 0 Å². The molecule has 152 valence electrons. The van der Waals surface area contributed by atoms with E-state index in [1.807, 2.05) is 6.07 Å². The number of ether oxygens (including phenoxy) is 1. The average Bonchev–Trinajstić information content (AvgIpc) is 2.70. The summed E-state index contributed by atoms with van der Waals surface area (Å²) in [4.78, 5) is 40.3. The van der Waals surface area contributed by atoms with Crippen molar-refractivity contribution in [3.05, 3.63) is 74.9 Å². The third kappa shape index (κ3) is 5.00. The van der Waals surface area contributed by atoms with Crippen molar-refractivity contribution >= 4 is 16.8 Å². The lowest BCUT2D eigenvalue weighted by atomic mass is 10.1. The molecule has 7 nitrogen and oxygen atoms in total. The Morgan fingerprint density at radius 1 is 1.14 bits per heavy atom. The number of fused-ring (bicyclic) bond motifs is 1. The summed E-state index contributed by atoms with van der Waals surface area (Å²) in [5.74, 6) is 0.222. The smallest absolute Gasteiger partial charge is 0.333 e. The first-order chi connectivity index (χ1) is 14.0. The monoisotopic (exact) mass is 395 g/mol. The standard InChI is InChI=1S/C22H25N3O4/c1-15(2)14-29-12-6-11-23-20(26)16-9-10-18-19(13-16)24-22(28)25(21(18)27)17-7-4-3-5-8-17/h3-5,7-10,13,15H,6,11-12,14H2,1-2H3,(H,23,26)(H,24,28). The van der Waals surface area contributed by atoms with Crippen LogP contribution >= 0.6 is 0 Å². The quantitative estimate of drug-likeness (QED) is 0.573. The van der Waals surface area contributed by atoms with Gasteiger partial charge in [-0.2, -0.15) is 0 Å². The van der Waals surface area contributed by atoms with Crippen LogP contribution in [0.5, 0.6) is 0 Å². The molecule has 0 unspecified atom stereocenters. The molecule has 0 fully saturated rings. The number of benzene rings is 2. The molecule has 0 spiro atoms. The van der Waals surface area contributed by atoms with Crippen molar-refractivity contribution in [2.24, 2.45) is 5.92 Å². The normalized spacial score (nSPS) is 11.1. The van der Waals surface area contributed by atoms with E-state index in [2.05, 4.69) is 24.1 Å². The van der Waals surface area contributed by atoms with E-state index in [1.54, 1.807) is 36.4 Å². The van der Waals surface area contributed by atoms with E-state index >= 15 is 0 Å². The maximum Gasteiger partial charge on any atom is 0.333 e. The number of rotatable bonds is 8. The zero-order valence-electron chi connectivity index (χ0n) is 16.6. The van der Waals surface area contributed by atoms with Crippen molar-refractivity contribution < 1.29 is 9.53 Å². The zero-order valence-corrected chi connectivity index (χ0v) is 16.6. The molecule has 2 aromatic carbocycles. The summed E-state index contributed by atoms with van der Waals surface area (Å²) in [7, 11) is 0. The molecule has 7 heteroatoms. The number of carbonyl (C=O) groups excluding carboxylic acids is 1. The van der Waals surface area contributed by atoms with Gasteiger partial charge in [0, 0.05) is 25.3 Å². The topological polar surface area (TPSA) is 93.2 Å². The van der Waals surface area contributed by atoms with E-state index in [9.17, 15) is 14.4 Å². The highest BCUT2D eigenvalue weighted by molar-refractivity contribution is 5.97. The van der Waals surface area contributed by atoms with Crippen LogP contribution in [0.3, 0.4) is 0 Å². The third-order valence-electron chi connectivity index (χ3n) is 4.38. The van der Waals surface area contributed by atoms with Crippen molar-refractivity contribution in [1.82, 2.24) is 14.9 Å². The van der Waals surface area contributed by atoms with Gasteiger partial charge < -0.3 is 15.0 Å². The van der Waals surface area contributed by atoms with Gasteiger partial charge in [-0.3, -0.25) is 9.59 Å². The van der Waals surface area contributed by atoms with Crippen LogP contribution in [0.15, 0.2) is 58.1 Å². The van der Waals surface area contributed by atoms with Gasteiger partial charge in [-0.05, 0) is 42.7 Å². The SMILES string of the molecule is CC(C)COCCCNC(=O)c1ccc2c(=O)n(-c3ccccc3)c(=O)[nH]c2c1. The summed E-state index contributed by atoms with van der Waals surface area (Å²) in [6.45, 7) is 5.94. The summed E-state index contributed by atoms with van der Waals surface area (Å²) in [5.41, 5.74) is 0.230. The van der Waals surface area contributed by atoms with E-state index in [-0.39, 0.29) is 5.91 Å². The molecule has 2 N–H and O–H groups in total. The van der Waals surface area contributed by atoms with Crippen LogP contribution in [0, 0.1) is 5.92 Å². The lowest BCUT2D eigenvalue weighted by molar-refractivity contribution is 0.0925. The molecule has 1 heterocycles. The Labute approximate surface area is 168 Å². The Morgan fingerprint density at radius 3 is 2.62 bits per heavy atom. The third-order valence-corrected chi connectivity index (χ3v) is 4.38. The van der Waals surface area contributed by atoms with E-state index in [1.165, 1.54) is 6.07 Å². The minimum Gasteiger partial charge on any atom is -0.381 e. The van der Waals surface area contributed by atoms with Crippen molar-refractivity contribution in [2.45, 2.75) is 20.3 Å². The highest BCUT2D eigenvalue weighted by atomic mass is 16.5. The average molecular weight is 395 g/mol. The summed E-state index contributed by atoms with van der Waals surface area (Å²) < 4.78 is 6.57. The molecule has 3 aromatic rings. The van der Waals surface area contributed by atoms with Crippen molar-refractivity contribution in [2.75, 3.05) is 19.8 Å².